The first-order chi connectivity index (χ1) is 10.5. The van der Waals surface area contributed by atoms with E-state index in [1.165, 1.54) is 0 Å². The molecule has 0 aromatic heterocycles. The summed E-state index contributed by atoms with van der Waals surface area (Å²) in [7, 11) is 0. The molecule has 4 heteroatoms. The minimum absolute atomic E-state index is 0.0772. The van der Waals surface area contributed by atoms with Crippen LogP contribution >= 0.6 is 0 Å². The molecular formula is C18H23N3O. The van der Waals surface area contributed by atoms with Crippen molar-refractivity contribution in [2.24, 2.45) is 0 Å². The zero-order valence-electron chi connectivity index (χ0n) is 13.3. The summed E-state index contributed by atoms with van der Waals surface area (Å²) in [5.74, 6) is -0.120. The SMILES string of the molecule is CC(C)NC(=O)c1cc(N)ccc1N[C@@H](C)c1ccccc1. The van der Waals surface area contributed by atoms with Crippen LogP contribution in [0.4, 0.5) is 11.4 Å². The number of rotatable bonds is 5. The number of anilines is 2. The Hall–Kier alpha value is -2.49. The smallest absolute Gasteiger partial charge is 0.253 e. The number of nitrogens with one attached hydrogen (secondary N) is 2. The van der Waals surface area contributed by atoms with Gasteiger partial charge in [0.1, 0.15) is 0 Å². The fraction of sp³-hybridized carbons (Fsp3) is 0.278. The fourth-order valence-corrected chi connectivity index (χ4v) is 2.27. The minimum atomic E-state index is -0.120. The van der Waals surface area contributed by atoms with Crippen molar-refractivity contribution >= 4 is 17.3 Å². The van der Waals surface area contributed by atoms with Gasteiger partial charge in [0, 0.05) is 23.5 Å². The number of carbonyl (C=O) groups is 1. The molecule has 0 aliphatic heterocycles. The van der Waals surface area contributed by atoms with E-state index in [1.54, 1.807) is 12.1 Å². The third-order valence-electron chi connectivity index (χ3n) is 3.38. The minimum Gasteiger partial charge on any atom is -0.399 e. The van der Waals surface area contributed by atoms with Gasteiger partial charge in [-0.1, -0.05) is 30.3 Å². The van der Waals surface area contributed by atoms with Crippen LogP contribution < -0.4 is 16.4 Å². The molecular weight excluding hydrogens is 274 g/mol. The largest absolute Gasteiger partial charge is 0.399 e. The summed E-state index contributed by atoms with van der Waals surface area (Å²) in [6, 6.07) is 15.6. The summed E-state index contributed by atoms with van der Waals surface area (Å²) in [5, 5.41) is 6.30. The van der Waals surface area contributed by atoms with Gasteiger partial charge in [0.25, 0.3) is 5.91 Å². The molecule has 0 saturated carbocycles. The Balaban J connectivity index is 2.25. The summed E-state index contributed by atoms with van der Waals surface area (Å²) in [6.45, 7) is 5.93. The van der Waals surface area contributed by atoms with E-state index in [2.05, 4.69) is 29.7 Å². The summed E-state index contributed by atoms with van der Waals surface area (Å²) in [6.07, 6.45) is 0. The molecule has 0 bridgehead atoms. The number of nitrogens with two attached hydrogens (primary N) is 1. The number of carbonyl (C=O) groups excluding carboxylic acids is 1. The molecule has 22 heavy (non-hydrogen) atoms. The summed E-state index contributed by atoms with van der Waals surface area (Å²) < 4.78 is 0. The van der Waals surface area contributed by atoms with Gasteiger partial charge in [-0.3, -0.25) is 4.79 Å². The third-order valence-corrected chi connectivity index (χ3v) is 3.38. The molecule has 0 spiro atoms. The molecule has 1 amide bonds. The highest BCUT2D eigenvalue weighted by Gasteiger charge is 2.15. The second-order valence-electron chi connectivity index (χ2n) is 5.71. The lowest BCUT2D eigenvalue weighted by Crippen LogP contribution is -2.30. The van der Waals surface area contributed by atoms with Crippen LogP contribution in [0.2, 0.25) is 0 Å². The van der Waals surface area contributed by atoms with Gasteiger partial charge >= 0.3 is 0 Å². The topological polar surface area (TPSA) is 67.2 Å². The molecule has 0 heterocycles. The van der Waals surface area contributed by atoms with Crippen LogP contribution in [-0.4, -0.2) is 11.9 Å². The van der Waals surface area contributed by atoms with E-state index in [-0.39, 0.29) is 18.0 Å². The lowest BCUT2D eigenvalue weighted by Gasteiger charge is -2.19. The molecule has 0 radical (unpaired) electrons. The first-order valence-electron chi connectivity index (χ1n) is 7.49. The maximum Gasteiger partial charge on any atom is 0.253 e. The maximum absolute atomic E-state index is 12.3. The van der Waals surface area contributed by atoms with Crippen molar-refractivity contribution in [1.29, 1.82) is 0 Å². The van der Waals surface area contributed by atoms with Gasteiger partial charge in [-0.25, -0.2) is 0 Å². The van der Waals surface area contributed by atoms with E-state index in [1.807, 2.05) is 38.1 Å². The Bertz CT molecular complexity index is 638. The highest BCUT2D eigenvalue weighted by atomic mass is 16.1. The normalized spacial score (nSPS) is 12.0. The highest BCUT2D eigenvalue weighted by Crippen LogP contribution is 2.24. The average Bonchev–Trinajstić information content (AvgIpc) is 2.49. The summed E-state index contributed by atoms with van der Waals surface area (Å²) in [5.41, 5.74) is 8.92. The van der Waals surface area contributed by atoms with E-state index >= 15 is 0 Å². The van der Waals surface area contributed by atoms with Crippen molar-refractivity contribution in [2.45, 2.75) is 32.9 Å². The van der Waals surface area contributed by atoms with Crippen LogP contribution in [0, 0.1) is 0 Å². The van der Waals surface area contributed by atoms with Crippen LogP contribution in [-0.2, 0) is 0 Å². The van der Waals surface area contributed by atoms with Gasteiger partial charge < -0.3 is 16.4 Å². The Morgan fingerprint density at radius 1 is 1.05 bits per heavy atom. The zero-order valence-corrected chi connectivity index (χ0v) is 13.3. The van der Waals surface area contributed by atoms with E-state index < -0.39 is 0 Å². The lowest BCUT2D eigenvalue weighted by molar-refractivity contribution is 0.0944. The molecule has 0 fully saturated rings. The third kappa shape index (κ3) is 4.01. The molecule has 2 aromatic carbocycles. The van der Waals surface area contributed by atoms with E-state index in [0.717, 1.165) is 11.3 Å². The molecule has 2 aromatic rings. The fourth-order valence-electron chi connectivity index (χ4n) is 2.27. The standard InChI is InChI=1S/C18H23N3O/c1-12(2)20-18(22)16-11-15(19)9-10-17(16)21-13(3)14-7-5-4-6-8-14/h4-13,21H,19H2,1-3H3,(H,20,22)/t13-/m0/s1. The van der Waals surface area contributed by atoms with Crippen molar-refractivity contribution in [3.05, 3.63) is 59.7 Å². The molecule has 0 aliphatic carbocycles. The summed E-state index contributed by atoms with van der Waals surface area (Å²) in [4.78, 5) is 12.3. The van der Waals surface area contributed by atoms with E-state index in [9.17, 15) is 4.79 Å². The van der Waals surface area contributed by atoms with Gasteiger partial charge in [-0.2, -0.15) is 0 Å². The zero-order chi connectivity index (χ0) is 16.1. The van der Waals surface area contributed by atoms with Crippen LogP contribution in [0.3, 0.4) is 0 Å². The number of benzene rings is 2. The molecule has 0 saturated heterocycles. The van der Waals surface area contributed by atoms with Crippen molar-refractivity contribution in [3.63, 3.8) is 0 Å². The highest BCUT2D eigenvalue weighted by molar-refractivity contribution is 6.00. The van der Waals surface area contributed by atoms with Gasteiger partial charge in [-0.15, -0.1) is 0 Å². The number of nitrogen functional groups attached to an aromatic ring is 1. The second kappa shape index (κ2) is 6.98. The number of hydrogen-bond acceptors (Lipinski definition) is 3. The number of amides is 1. The monoisotopic (exact) mass is 297 g/mol. The second-order valence-corrected chi connectivity index (χ2v) is 5.71. The lowest BCUT2D eigenvalue weighted by atomic mass is 10.1. The maximum atomic E-state index is 12.3. The van der Waals surface area contributed by atoms with Crippen LogP contribution in [0.25, 0.3) is 0 Å². The van der Waals surface area contributed by atoms with Crippen molar-refractivity contribution in [2.75, 3.05) is 11.1 Å². The van der Waals surface area contributed by atoms with Gasteiger partial charge in [0.15, 0.2) is 0 Å². The van der Waals surface area contributed by atoms with Crippen LogP contribution in [0.5, 0.6) is 0 Å². The van der Waals surface area contributed by atoms with Crippen molar-refractivity contribution in [3.8, 4) is 0 Å². The molecule has 0 unspecified atom stereocenters. The predicted molar refractivity (Wildman–Crippen MR) is 91.9 cm³/mol. The van der Waals surface area contributed by atoms with Gasteiger partial charge in [0.05, 0.1) is 5.56 Å². The van der Waals surface area contributed by atoms with Gasteiger partial charge in [0.2, 0.25) is 0 Å². The Labute approximate surface area is 131 Å². The molecule has 4 nitrogen and oxygen atoms in total. The molecule has 0 aliphatic rings. The number of hydrogen-bond donors (Lipinski definition) is 3. The van der Waals surface area contributed by atoms with Crippen LogP contribution in [0.15, 0.2) is 48.5 Å². The molecule has 2 rings (SSSR count). The first kappa shape index (κ1) is 15.9. The van der Waals surface area contributed by atoms with Gasteiger partial charge in [-0.05, 0) is 44.5 Å². The first-order valence-corrected chi connectivity index (χ1v) is 7.49. The predicted octanol–water partition coefficient (Wildman–Crippen LogP) is 3.58. The Morgan fingerprint density at radius 3 is 2.36 bits per heavy atom. The summed E-state index contributed by atoms with van der Waals surface area (Å²) >= 11 is 0. The molecule has 116 valence electrons. The van der Waals surface area contributed by atoms with Crippen molar-refractivity contribution in [1.82, 2.24) is 5.32 Å². The van der Waals surface area contributed by atoms with E-state index in [4.69, 9.17) is 5.73 Å². The van der Waals surface area contributed by atoms with E-state index in [0.29, 0.717) is 11.3 Å². The van der Waals surface area contributed by atoms with Crippen LogP contribution in [0.1, 0.15) is 42.7 Å². The van der Waals surface area contributed by atoms with Crippen molar-refractivity contribution < 1.29 is 4.79 Å². The molecule has 4 N–H and O–H groups in total. The quantitative estimate of drug-likeness (QED) is 0.739. The Morgan fingerprint density at radius 2 is 1.73 bits per heavy atom. The average molecular weight is 297 g/mol. The Kier molecular flexibility index (Phi) is 5.04. The molecule has 1 atom stereocenters.